The molecular weight excluding hydrogens is 382 g/mol. The summed E-state index contributed by atoms with van der Waals surface area (Å²) in [5, 5.41) is 2.87. The Balaban J connectivity index is 1.53. The molecule has 0 unspecified atom stereocenters. The number of rotatable bonds is 3. The lowest BCUT2D eigenvalue weighted by atomic mass is 10.2. The fourth-order valence-corrected chi connectivity index (χ4v) is 2.66. The molecule has 0 aliphatic carbocycles. The van der Waals surface area contributed by atoms with E-state index in [9.17, 15) is 4.79 Å². The van der Waals surface area contributed by atoms with Gasteiger partial charge in [0.2, 0.25) is 5.89 Å². The van der Waals surface area contributed by atoms with E-state index in [0.717, 1.165) is 10.0 Å². The molecule has 2 aromatic carbocycles. The molecule has 0 aliphatic heterocycles. The van der Waals surface area contributed by atoms with Gasteiger partial charge in [0.25, 0.3) is 5.91 Å². The minimum atomic E-state index is -0.161. The number of carbonyl (C=O) groups is 1. The zero-order valence-corrected chi connectivity index (χ0v) is 14.5. The average Bonchev–Trinajstić information content (AvgIpc) is 3.07. The summed E-state index contributed by atoms with van der Waals surface area (Å²) in [5.74, 6) is 0.339. The molecule has 0 radical (unpaired) electrons. The molecule has 0 bridgehead atoms. The largest absolute Gasteiger partial charge is 0.434 e. The van der Waals surface area contributed by atoms with Crippen molar-refractivity contribution in [1.29, 1.82) is 0 Å². The van der Waals surface area contributed by atoms with Gasteiger partial charge in [0.15, 0.2) is 11.2 Å². The number of aromatic nitrogens is 2. The Morgan fingerprint density at radius 1 is 1.00 bits per heavy atom. The topological polar surface area (TPSA) is 68.0 Å². The highest BCUT2D eigenvalue weighted by Crippen LogP contribution is 2.24. The Hall–Kier alpha value is -2.99. The highest BCUT2D eigenvalue weighted by molar-refractivity contribution is 9.10. The van der Waals surface area contributed by atoms with Crippen molar-refractivity contribution in [3.63, 3.8) is 0 Å². The van der Waals surface area contributed by atoms with Crippen LogP contribution in [0.4, 0.5) is 5.69 Å². The van der Waals surface area contributed by atoms with Crippen molar-refractivity contribution in [2.24, 2.45) is 0 Å². The van der Waals surface area contributed by atoms with Gasteiger partial charge in [-0.1, -0.05) is 15.9 Å². The van der Waals surface area contributed by atoms with E-state index in [2.05, 4.69) is 31.2 Å². The number of fused-ring (bicyclic) bond motifs is 1. The van der Waals surface area contributed by atoms with Crippen molar-refractivity contribution in [1.82, 2.24) is 9.97 Å². The maximum atomic E-state index is 12.2. The van der Waals surface area contributed by atoms with Crippen LogP contribution >= 0.6 is 15.9 Å². The first kappa shape index (κ1) is 15.5. The third-order valence-electron chi connectivity index (χ3n) is 3.66. The second-order valence-corrected chi connectivity index (χ2v) is 6.30. The van der Waals surface area contributed by atoms with E-state index in [1.165, 1.54) is 0 Å². The Morgan fingerprint density at radius 3 is 2.48 bits per heavy atom. The van der Waals surface area contributed by atoms with Crippen LogP contribution in [0.5, 0.6) is 0 Å². The zero-order valence-electron chi connectivity index (χ0n) is 12.9. The van der Waals surface area contributed by atoms with Gasteiger partial charge in [0.05, 0.1) is 0 Å². The summed E-state index contributed by atoms with van der Waals surface area (Å²) in [6, 6.07) is 18.1. The van der Waals surface area contributed by atoms with Crippen LogP contribution in [0.15, 0.2) is 75.8 Å². The molecule has 4 rings (SSSR count). The van der Waals surface area contributed by atoms with Gasteiger partial charge in [-0.25, -0.2) is 4.98 Å². The fraction of sp³-hybridized carbons (Fsp3) is 0. The average molecular weight is 394 g/mol. The normalized spacial score (nSPS) is 10.8. The van der Waals surface area contributed by atoms with Gasteiger partial charge >= 0.3 is 0 Å². The van der Waals surface area contributed by atoms with E-state index < -0.39 is 0 Å². The Morgan fingerprint density at radius 2 is 1.76 bits per heavy atom. The summed E-state index contributed by atoms with van der Waals surface area (Å²) in [7, 11) is 0. The van der Waals surface area contributed by atoms with Crippen LogP contribution in [0.1, 0.15) is 10.4 Å². The van der Waals surface area contributed by atoms with E-state index in [0.29, 0.717) is 28.4 Å². The SMILES string of the molecule is O=C(Nc1ccc(-c2nc3ncccc3o2)cc1)c1ccc(Br)cc1. The van der Waals surface area contributed by atoms with Crippen molar-refractivity contribution in [2.75, 3.05) is 5.32 Å². The number of anilines is 1. The zero-order chi connectivity index (χ0) is 17.2. The van der Waals surface area contributed by atoms with E-state index in [4.69, 9.17) is 4.42 Å². The van der Waals surface area contributed by atoms with Gasteiger partial charge in [-0.2, -0.15) is 4.98 Å². The lowest BCUT2D eigenvalue weighted by Crippen LogP contribution is -2.11. The van der Waals surface area contributed by atoms with Crippen molar-refractivity contribution in [3.05, 3.63) is 76.9 Å². The van der Waals surface area contributed by atoms with Gasteiger partial charge in [-0.15, -0.1) is 0 Å². The molecule has 0 saturated heterocycles. The van der Waals surface area contributed by atoms with Gasteiger partial charge in [0.1, 0.15) is 0 Å². The van der Waals surface area contributed by atoms with E-state index in [1.807, 2.05) is 42.5 Å². The van der Waals surface area contributed by atoms with Crippen LogP contribution in [-0.4, -0.2) is 15.9 Å². The van der Waals surface area contributed by atoms with E-state index in [-0.39, 0.29) is 5.91 Å². The lowest BCUT2D eigenvalue weighted by Gasteiger charge is -2.06. The molecule has 1 N–H and O–H groups in total. The van der Waals surface area contributed by atoms with Crippen LogP contribution in [0, 0.1) is 0 Å². The van der Waals surface area contributed by atoms with Gasteiger partial charge < -0.3 is 9.73 Å². The molecule has 0 fully saturated rings. The monoisotopic (exact) mass is 393 g/mol. The molecule has 6 heteroatoms. The molecule has 0 spiro atoms. The lowest BCUT2D eigenvalue weighted by molar-refractivity contribution is 0.102. The third-order valence-corrected chi connectivity index (χ3v) is 4.19. The van der Waals surface area contributed by atoms with Crippen molar-refractivity contribution in [3.8, 4) is 11.5 Å². The predicted molar refractivity (Wildman–Crippen MR) is 99.3 cm³/mol. The van der Waals surface area contributed by atoms with Gasteiger partial charge in [0, 0.05) is 27.5 Å². The Bertz CT molecular complexity index is 1010. The first-order chi connectivity index (χ1) is 12.2. The quantitative estimate of drug-likeness (QED) is 0.537. The molecule has 0 aliphatic rings. The fourth-order valence-electron chi connectivity index (χ4n) is 2.39. The Kier molecular flexibility index (Phi) is 4.03. The maximum absolute atomic E-state index is 12.2. The maximum Gasteiger partial charge on any atom is 0.255 e. The second-order valence-electron chi connectivity index (χ2n) is 5.38. The van der Waals surface area contributed by atoms with Crippen molar-refractivity contribution in [2.45, 2.75) is 0 Å². The van der Waals surface area contributed by atoms with Crippen molar-refractivity contribution >= 4 is 38.8 Å². The number of nitrogens with zero attached hydrogens (tertiary/aromatic N) is 2. The first-order valence-electron chi connectivity index (χ1n) is 7.58. The number of pyridine rings is 1. The first-order valence-corrected chi connectivity index (χ1v) is 8.37. The minimum Gasteiger partial charge on any atom is -0.434 e. The van der Waals surface area contributed by atoms with E-state index in [1.54, 1.807) is 24.4 Å². The van der Waals surface area contributed by atoms with Crippen LogP contribution in [0.25, 0.3) is 22.7 Å². The number of halogens is 1. The van der Waals surface area contributed by atoms with Crippen LogP contribution in [-0.2, 0) is 0 Å². The van der Waals surface area contributed by atoms with Crippen molar-refractivity contribution < 1.29 is 9.21 Å². The Labute approximate surface area is 151 Å². The minimum absolute atomic E-state index is 0.161. The smallest absolute Gasteiger partial charge is 0.255 e. The number of amides is 1. The number of carbonyl (C=O) groups excluding carboxylic acids is 1. The molecule has 0 saturated carbocycles. The number of nitrogens with one attached hydrogen (secondary N) is 1. The summed E-state index contributed by atoms with van der Waals surface area (Å²) in [4.78, 5) is 20.8. The van der Waals surface area contributed by atoms with E-state index >= 15 is 0 Å². The van der Waals surface area contributed by atoms with Gasteiger partial charge in [-0.3, -0.25) is 4.79 Å². The predicted octanol–water partition coefficient (Wildman–Crippen LogP) is 4.90. The summed E-state index contributed by atoms with van der Waals surface area (Å²) in [5.41, 5.74) is 3.33. The highest BCUT2D eigenvalue weighted by atomic mass is 79.9. The molecule has 1 amide bonds. The molecule has 5 nitrogen and oxygen atoms in total. The highest BCUT2D eigenvalue weighted by Gasteiger charge is 2.10. The van der Waals surface area contributed by atoms with Crippen LogP contribution in [0.2, 0.25) is 0 Å². The van der Waals surface area contributed by atoms with Crippen LogP contribution in [0.3, 0.4) is 0 Å². The number of hydrogen-bond acceptors (Lipinski definition) is 4. The molecular formula is C19H12BrN3O2. The summed E-state index contributed by atoms with van der Waals surface area (Å²) in [6.45, 7) is 0. The van der Waals surface area contributed by atoms with Crippen LogP contribution < -0.4 is 5.32 Å². The summed E-state index contributed by atoms with van der Waals surface area (Å²) < 4.78 is 6.62. The van der Waals surface area contributed by atoms with Gasteiger partial charge in [-0.05, 0) is 60.7 Å². The molecule has 4 aromatic rings. The molecule has 25 heavy (non-hydrogen) atoms. The number of hydrogen-bond donors (Lipinski definition) is 1. The number of benzene rings is 2. The molecule has 2 heterocycles. The number of oxazole rings is 1. The third kappa shape index (κ3) is 3.29. The standard InChI is InChI=1S/C19H12BrN3O2/c20-14-7-3-12(4-8-14)18(24)22-15-9-5-13(6-10-15)19-23-17-16(25-19)2-1-11-21-17/h1-11H,(H,22,24). The second kappa shape index (κ2) is 6.49. The molecule has 122 valence electrons. The summed E-state index contributed by atoms with van der Waals surface area (Å²) in [6.07, 6.45) is 1.68. The molecule has 0 atom stereocenters. The molecule has 2 aromatic heterocycles. The summed E-state index contributed by atoms with van der Waals surface area (Å²) >= 11 is 3.35.